The van der Waals surface area contributed by atoms with E-state index in [1.165, 1.54) is 0 Å². The first-order valence-corrected chi connectivity index (χ1v) is 9.03. The first-order valence-electron chi connectivity index (χ1n) is 9.03. The summed E-state index contributed by atoms with van der Waals surface area (Å²) in [6.07, 6.45) is 1.54. The predicted octanol–water partition coefficient (Wildman–Crippen LogP) is 2.91. The van der Waals surface area contributed by atoms with Gasteiger partial charge >= 0.3 is 0 Å². The molecule has 3 N–H and O–H groups in total. The molecule has 1 heterocycles. The van der Waals surface area contributed by atoms with E-state index in [2.05, 4.69) is 5.32 Å². The summed E-state index contributed by atoms with van der Waals surface area (Å²) in [7, 11) is 0. The van der Waals surface area contributed by atoms with Gasteiger partial charge in [0.05, 0.1) is 0 Å². The Labute approximate surface area is 166 Å². The number of benzene rings is 2. The number of hydrogen-bond donors (Lipinski definition) is 2. The van der Waals surface area contributed by atoms with Gasteiger partial charge in [0.1, 0.15) is 0 Å². The van der Waals surface area contributed by atoms with E-state index in [0.717, 1.165) is 24.0 Å². The third-order valence-corrected chi connectivity index (χ3v) is 4.94. The van der Waals surface area contributed by atoms with Crippen LogP contribution in [0.4, 0.5) is 0 Å². The number of amides is 2. The molecule has 3 rings (SSSR count). The molecule has 0 aromatic heterocycles. The van der Waals surface area contributed by atoms with Crippen LogP contribution in [0.2, 0.25) is 0 Å². The summed E-state index contributed by atoms with van der Waals surface area (Å²) in [4.78, 5) is 26.9. The molecule has 2 amide bonds. The highest BCUT2D eigenvalue weighted by atomic mass is 35.5. The van der Waals surface area contributed by atoms with Gasteiger partial charge in [-0.05, 0) is 49.1 Å². The number of carbonyl (C=O) groups excluding carboxylic acids is 2. The zero-order valence-corrected chi connectivity index (χ0v) is 16.3. The molecule has 1 aliphatic rings. The Balaban J connectivity index is 0.00000261. The molecule has 6 heteroatoms. The van der Waals surface area contributed by atoms with Crippen molar-refractivity contribution in [3.63, 3.8) is 0 Å². The minimum Gasteiger partial charge on any atom is -0.349 e. The number of piperidine rings is 1. The SMILES string of the molecule is Cc1ccccc1C(=O)NC1CCN(C(=O)c2ccc(CN)cc2)CC1.Cl. The molecule has 0 bridgehead atoms. The smallest absolute Gasteiger partial charge is 0.253 e. The molecule has 144 valence electrons. The lowest BCUT2D eigenvalue weighted by Crippen LogP contribution is -2.46. The van der Waals surface area contributed by atoms with Crippen LogP contribution in [0, 0.1) is 6.92 Å². The second-order valence-electron chi connectivity index (χ2n) is 6.76. The molecule has 0 atom stereocenters. The summed E-state index contributed by atoms with van der Waals surface area (Å²) in [5.41, 5.74) is 8.98. The Hall–Kier alpha value is -2.37. The van der Waals surface area contributed by atoms with E-state index < -0.39 is 0 Å². The fourth-order valence-corrected chi connectivity index (χ4v) is 3.28. The quantitative estimate of drug-likeness (QED) is 0.846. The van der Waals surface area contributed by atoms with E-state index in [1.54, 1.807) is 0 Å². The van der Waals surface area contributed by atoms with Crippen LogP contribution in [0.15, 0.2) is 48.5 Å². The van der Waals surface area contributed by atoms with Crippen LogP contribution in [0.1, 0.15) is 44.7 Å². The Kier molecular flexibility index (Phi) is 7.39. The molecule has 0 saturated carbocycles. The molecule has 27 heavy (non-hydrogen) atoms. The average molecular weight is 388 g/mol. The van der Waals surface area contributed by atoms with E-state index in [1.807, 2.05) is 60.4 Å². The molecule has 2 aromatic carbocycles. The van der Waals surface area contributed by atoms with Crippen LogP contribution in [0.25, 0.3) is 0 Å². The van der Waals surface area contributed by atoms with Gasteiger partial charge in [-0.1, -0.05) is 30.3 Å². The Morgan fingerprint density at radius 2 is 1.70 bits per heavy atom. The van der Waals surface area contributed by atoms with Gasteiger partial charge in [-0.3, -0.25) is 9.59 Å². The molecule has 0 radical (unpaired) electrons. The number of rotatable bonds is 4. The predicted molar refractivity (Wildman–Crippen MR) is 109 cm³/mol. The summed E-state index contributed by atoms with van der Waals surface area (Å²) >= 11 is 0. The molecule has 1 saturated heterocycles. The zero-order chi connectivity index (χ0) is 18.5. The summed E-state index contributed by atoms with van der Waals surface area (Å²) in [5, 5.41) is 3.10. The topological polar surface area (TPSA) is 75.4 Å². The van der Waals surface area contributed by atoms with Crippen LogP contribution >= 0.6 is 12.4 Å². The monoisotopic (exact) mass is 387 g/mol. The lowest BCUT2D eigenvalue weighted by molar-refractivity contribution is 0.0698. The van der Waals surface area contributed by atoms with Crippen LogP contribution in [-0.4, -0.2) is 35.8 Å². The van der Waals surface area contributed by atoms with E-state index in [4.69, 9.17) is 5.73 Å². The normalized spacial score (nSPS) is 14.4. The number of aryl methyl sites for hydroxylation is 1. The molecule has 0 spiro atoms. The van der Waals surface area contributed by atoms with E-state index in [-0.39, 0.29) is 30.3 Å². The Morgan fingerprint density at radius 3 is 2.30 bits per heavy atom. The lowest BCUT2D eigenvalue weighted by atomic mass is 10.0. The van der Waals surface area contributed by atoms with Gasteiger partial charge in [0.15, 0.2) is 0 Å². The van der Waals surface area contributed by atoms with Gasteiger partial charge in [0, 0.05) is 36.8 Å². The zero-order valence-electron chi connectivity index (χ0n) is 15.5. The fourth-order valence-electron chi connectivity index (χ4n) is 3.28. The summed E-state index contributed by atoms with van der Waals surface area (Å²) in [6.45, 7) is 3.71. The fraction of sp³-hybridized carbons (Fsp3) is 0.333. The van der Waals surface area contributed by atoms with Crippen molar-refractivity contribution in [2.24, 2.45) is 5.73 Å². The van der Waals surface area contributed by atoms with Crippen LogP contribution < -0.4 is 11.1 Å². The third kappa shape index (κ3) is 5.08. The summed E-state index contributed by atoms with van der Waals surface area (Å²) in [6, 6.07) is 15.1. The van der Waals surface area contributed by atoms with Gasteiger partial charge in [0.2, 0.25) is 0 Å². The Bertz CT molecular complexity index is 784. The standard InChI is InChI=1S/C21H25N3O2.ClH/c1-15-4-2-3-5-19(15)20(25)23-18-10-12-24(13-11-18)21(26)17-8-6-16(14-22)7-9-17;/h2-9,18H,10-14,22H2,1H3,(H,23,25);1H. The largest absolute Gasteiger partial charge is 0.349 e. The van der Waals surface area contributed by atoms with E-state index in [0.29, 0.717) is 30.8 Å². The van der Waals surface area contributed by atoms with Crippen LogP contribution in [0.5, 0.6) is 0 Å². The maximum Gasteiger partial charge on any atom is 0.253 e. The second-order valence-corrected chi connectivity index (χ2v) is 6.76. The van der Waals surface area contributed by atoms with E-state index in [9.17, 15) is 9.59 Å². The molecular formula is C21H26ClN3O2. The number of carbonyl (C=O) groups is 2. The maximum absolute atomic E-state index is 12.6. The number of nitrogens with one attached hydrogen (secondary N) is 1. The van der Waals surface area contributed by atoms with Crippen LogP contribution in [-0.2, 0) is 6.54 Å². The molecule has 0 aliphatic carbocycles. The van der Waals surface area contributed by atoms with Crippen molar-refractivity contribution in [2.75, 3.05) is 13.1 Å². The first kappa shape index (κ1) is 20.9. The number of halogens is 1. The molecule has 0 unspecified atom stereocenters. The first-order chi connectivity index (χ1) is 12.6. The Morgan fingerprint density at radius 1 is 1.07 bits per heavy atom. The van der Waals surface area contributed by atoms with Crippen molar-refractivity contribution in [1.82, 2.24) is 10.2 Å². The summed E-state index contributed by atoms with van der Waals surface area (Å²) < 4.78 is 0. The van der Waals surface area contributed by atoms with Crippen molar-refractivity contribution in [3.8, 4) is 0 Å². The highest BCUT2D eigenvalue weighted by molar-refractivity contribution is 5.96. The minimum absolute atomic E-state index is 0. The van der Waals surface area contributed by atoms with Gasteiger partial charge in [-0.15, -0.1) is 12.4 Å². The molecule has 2 aromatic rings. The number of nitrogens with zero attached hydrogens (tertiary/aromatic N) is 1. The number of likely N-dealkylation sites (tertiary alicyclic amines) is 1. The average Bonchev–Trinajstić information content (AvgIpc) is 2.68. The number of hydrogen-bond acceptors (Lipinski definition) is 3. The molecule has 1 fully saturated rings. The maximum atomic E-state index is 12.6. The highest BCUT2D eigenvalue weighted by Gasteiger charge is 2.25. The molecule has 5 nitrogen and oxygen atoms in total. The van der Waals surface area contributed by atoms with Gasteiger partial charge in [-0.2, -0.15) is 0 Å². The van der Waals surface area contributed by atoms with Crippen molar-refractivity contribution in [3.05, 3.63) is 70.8 Å². The van der Waals surface area contributed by atoms with E-state index >= 15 is 0 Å². The van der Waals surface area contributed by atoms with Crippen molar-refractivity contribution in [2.45, 2.75) is 32.4 Å². The molecule has 1 aliphatic heterocycles. The minimum atomic E-state index is -0.0368. The van der Waals surface area contributed by atoms with Gasteiger partial charge in [-0.25, -0.2) is 0 Å². The van der Waals surface area contributed by atoms with Crippen molar-refractivity contribution in [1.29, 1.82) is 0 Å². The highest BCUT2D eigenvalue weighted by Crippen LogP contribution is 2.16. The van der Waals surface area contributed by atoms with Gasteiger partial charge < -0.3 is 16.0 Å². The second kappa shape index (κ2) is 9.53. The summed E-state index contributed by atoms with van der Waals surface area (Å²) in [5.74, 6) is 0.00232. The molecular weight excluding hydrogens is 362 g/mol. The third-order valence-electron chi connectivity index (χ3n) is 4.94. The van der Waals surface area contributed by atoms with Crippen molar-refractivity contribution >= 4 is 24.2 Å². The van der Waals surface area contributed by atoms with Gasteiger partial charge in [0.25, 0.3) is 11.8 Å². The van der Waals surface area contributed by atoms with Crippen molar-refractivity contribution < 1.29 is 9.59 Å². The lowest BCUT2D eigenvalue weighted by Gasteiger charge is -2.32. The number of nitrogens with two attached hydrogens (primary N) is 1. The van der Waals surface area contributed by atoms with Crippen LogP contribution in [0.3, 0.4) is 0 Å².